The predicted molar refractivity (Wildman–Crippen MR) is 91.9 cm³/mol. The number of anilines is 1. The number of likely N-dealkylation sites (N-methyl/N-ethyl adjacent to an activating group) is 1. The molecule has 3 aromatic rings. The first kappa shape index (κ1) is 13.8. The molecule has 0 bridgehead atoms. The lowest BCUT2D eigenvalue weighted by Crippen LogP contribution is -2.44. The summed E-state index contributed by atoms with van der Waals surface area (Å²) in [4.78, 5) is 19.6. The smallest absolute Gasteiger partial charge is 0.150 e. The minimum absolute atomic E-state index is 1.02. The van der Waals surface area contributed by atoms with Gasteiger partial charge < -0.3 is 9.80 Å². The van der Waals surface area contributed by atoms with Crippen LogP contribution in [-0.2, 0) is 0 Å². The third-order valence-corrected chi connectivity index (χ3v) is 5.56. The number of pyridine rings is 1. The average Bonchev–Trinajstić information content (AvgIpc) is 2.86. The van der Waals surface area contributed by atoms with Crippen molar-refractivity contribution in [1.82, 2.24) is 19.9 Å². The minimum atomic E-state index is 1.02. The summed E-state index contributed by atoms with van der Waals surface area (Å²) in [7, 11) is 2.17. The summed E-state index contributed by atoms with van der Waals surface area (Å²) < 4.78 is 1.17. The van der Waals surface area contributed by atoms with Gasteiger partial charge in [-0.15, -0.1) is 11.3 Å². The van der Waals surface area contributed by atoms with Crippen molar-refractivity contribution in [1.29, 1.82) is 0 Å². The molecular weight excluding hydrogens is 294 g/mol. The maximum Gasteiger partial charge on any atom is 0.150 e. The summed E-state index contributed by atoms with van der Waals surface area (Å²) >= 11 is 1.71. The van der Waals surface area contributed by atoms with Crippen LogP contribution in [0.4, 0.5) is 5.82 Å². The molecule has 0 saturated carbocycles. The highest BCUT2D eigenvalue weighted by molar-refractivity contribution is 7.25. The van der Waals surface area contributed by atoms with Crippen LogP contribution in [0.15, 0.2) is 12.4 Å². The van der Waals surface area contributed by atoms with Gasteiger partial charge in [0.2, 0.25) is 0 Å². The average molecular weight is 313 g/mol. The number of fused-ring (bicyclic) bond motifs is 3. The van der Waals surface area contributed by atoms with Crippen LogP contribution in [0.2, 0.25) is 0 Å². The molecule has 0 radical (unpaired) electrons. The highest BCUT2D eigenvalue weighted by atomic mass is 32.1. The van der Waals surface area contributed by atoms with E-state index >= 15 is 0 Å². The molecule has 0 spiro atoms. The Morgan fingerprint density at radius 2 is 1.86 bits per heavy atom. The predicted octanol–water partition coefficient (Wildman–Crippen LogP) is 2.61. The zero-order valence-corrected chi connectivity index (χ0v) is 13.9. The molecular formula is C16H19N5S. The van der Waals surface area contributed by atoms with Crippen molar-refractivity contribution < 1.29 is 0 Å². The van der Waals surface area contributed by atoms with E-state index in [1.807, 2.05) is 0 Å². The number of rotatable bonds is 1. The van der Waals surface area contributed by atoms with E-state index < -0.39 is 0 Å². The molecule has 0 amide bonds. The number of hydrogen-bond donors (Lipinski definition) is 0. The first-order valence-electron chi connectivity index (χ1n) is 7.58. The molecule has 4 heterocycles. The Labute approximate surface area is 133 Å². The summed E-state index contributed by atoms with van der Waals surface area (Å²) in [6, 6.07) is 2.21. The highest BCUT2D eigenvalue weighted by Crippen LogP contribution is 2.37. The normalized spacial score (nSPS) is 16.8. The van der Waals surface area contributed by atoms with E-state index in [2.05, 4.69) is 46.7 Å². The third kappa shape index (κ3) is 2.14. The summed E-state index contributed by atoms with van der Waals surface area (Å²) in [5.74, 6) is 1.07. The molecule has 6 heteroatoms. The van der Waals surface area contributed by atoms with Crippen molar-refractivity contribution in [3.8, 4) is 0 Å². The Morgan fingerprint density at radius 1 is 1.09 bits per heavy atom. The lowest BCUT2D eigenvalue weighted by atomic mass is 10.2. The molecule has 1 aliphatic rings. The molecule has 0 atom stereocenters. The molecule has 1 aliphatic heterocycles. The maximum atomic E-state index is 4.73. The van der Waals surface area contributed by atoms with Gasteiger partial charge in [0.15, 0.2) is 0 Å². The minimum Gasteiger partial charge on any atom is -0.353 e. The number of hydrogen-bond acceptors (Lipinski definition) is 6. The van der Waals surface area contributed by atoms with Crippen LogP contribution >= 0.6 is 11.3 Å². The van der Waals surface area contributed by atoms with E-state index in [0.717, 1.165) is 53.4 Å². The largest absolute Gasteiger partial charge is 0.353 e. The molecule has 4 rings (SSSR count). The van der Waals surface area contributed by atoms with E-state index in [4.69, 9.17) is 4.98 Å². The fraction of sp³-hybridized carbons (Fsp3) is 0.438. The molecule has 114 valence electrons. The standard InChI is InChI=1S/C16H19N5S/c1-10-8-12-13-14(22-16(12)19-11(10)2)15(18-9-17-13)21-6-4-20(3)5-7-21/h8-9H,4-7H2,1-3H3. The van der Waals surface area contributed by atoms with Crippen LogP contribution in [0.5, 0.6) is 0 Å². The van der Waals surface area contributed by atoms with Gasteiger partial charge in [0.25, 0.3) is 0 Å². The van der Waals surface area contributed by atoms with E-state index in [1.165, 1.54) is 10.3 Å². The van der Waals surface area contributed by atoms with Crippen LogP contribution in [0.1, 0.15) is 11.3 Å². The van der Waals surface area contributed by atoms with Gasteiger partial charge in [-0.25, -0.2) is 15.0 Å². The lowest BCUT2D eigenvalue weighted by molar-refractivity contribution is 0.312. The summed E-state index contributed by atoms with van der Waals surface area (Å²) in [5.41, 5.74) is 3.35. The molecule has 0 unspecified atom stereocenters. The van der Waals surface area contributed by atoms with Crippen molar-refractivity contribution in [2.45, 2.75) is 13.8 Å². The fourth-order valence-corrected chi connectivity index (χ4v) is 4.10. The van der Waals surface area contributed by atoms with Gasteiger partial charge in [0.1, 0.15) is 17.0 Å². The molecule has 3 aromatic heterocycles. The molecule has 22 heavy (non-hydrogen) atoms. The summed E-state index contributed by atoms with van der Waals surface area (Å²) in [6.07, 6.45) is 1.69. The van der Waals surface area contributed by atoms with Crippen molar-refractivity contribution in [3.05, 3.63) is 23.7 Å². The fourth-order valence-electron chi connectivity index (χ4n) is 2.92. The molecule has 0 aromatic carbocycles. The Balaban J connectivity index is 1.89. The number of aryl methyl sites for hydroxylation is 2. The van der Waals surface area contributed by atoms with Gasteiger partial charge in [0, 0.05) is 37.3 Å². The zero-order valence-electron chi connectivity index (χ0n) is 13.1. The first-order chi connectivity index (χ1) is 10.6. The first-order valence-corrected chi connectivity index (χ1v) is 8.40. The highest BCUT2D eigenvalue weighted by Gasteiger charge is 2.20. The Kier molecular flexibility index (Phi) is 3.23. The lowest BCUT2D eigenvalue weighted by Gasteiger charge is -2.33. The van der Waals surface area contributed by atoms with E-state index in [9.17, 15) is 0 Å². The Morgan fingerprint density at radius 3 is 2.64 bits per heavy atom. The second-order valence-electron chi connectivity index (χ2n) is 6.01. The third-order valence-electron chi connectivity index (χ3n) is 4.47. The Hall–Kier alpha value is -1.79. The van der Waals surface area contributed by atoms with Gasteiger partial charge in [-0.1, -0.05) is 0 Å². The number of nitrogens with zero attached hydrogens (tertiary/aromatic N) is 5. The molecule has 0 aliphatic carbocycles. The number of thiophene rings is 1. The molecule has 1 saturated heterocycles. The summed E-state index contributed by atoms with van der Waals surface area (Å²) in [6.45, 7) is 8.35. The van der Waals surface area contributed by atoms with Crippen molar-refractivity contribution in [2.24, 2.45) is 0 Å². The van der Waals surface area contributed by atoms with Crippen molar-refractivity contribution in [3.63, 3.8) is 0 Å². The van der Waals surface area contributed by atoms with Crippen LogP contribution in [0.25, 0.3) is 20.4 Å². The van der Waals surface area contributed by atoms with E-state index in [-0.39, 0.29) is 0 Å². The van der Waals surface area contributed by atoms with Crippen LogP contribution in [0.3, 0.4) is 0 Å². The van der Waals surface area contributed by atoms with Crippen LogP contribution < -0.4 is 4.90 Å². The van der Waals surface area contributed by atoms with Gasteiger partial charge in [-0.3, -0.25) is 0 Å². The zero-order chi connectivity index (χ0) is 15.3. The SMILES string of the molecule is Cc1cc2c(nc1C)sc1c(N3CCN(C)CC3)ncnc12. The monoisotopic (exact) mass is 313 g/mol. The summed E-state index contributed by atoms with van der Waals surface area (Å²) in [5, 5.41) is 1.15. The van der Waals surface area contributed by atoms with Gasteiger partial charge in [-0.05, 0) is 32.5 Å². The topological polar surface area (TPSA) is 45.2 Å². The second kappa shape index (κ2) is 5.14. The van der Waals surface area contributed by atoms with Gasteiger partial charge in [0.05, 0.1) is 10.2 Å². The van der Waals surface area contributed by atoms with Gasteiger partial charge >= 0.3 is 0 Å². The van der Waals surface area contributed by atoms with E-state index in [0.29, 0.717) is 0 Å². The van der Waals surface area contributed by atoms with E-state index in [1.54, 1.807) is 17.7 Å². The maximum absolute atomic E-state index is 4.73. The quantitative estimate of drug-likeness (QED) is 0.691. The second-order valence-corrected chi connectivity index (χ2v) is 7.01. The van der Waals surface area contributed by atoms with Gasteiger partial charge in [-0.2, -0.15) is 0 Å². The Bertz CT molecular complexity index is 848. The van der Waals surface area contributed by atoms with Crippen LogP contribution in [0, 0.1) is 13.8 Å². The number of piperazine rings is 1. The molecule has 0 N–H and O–H groups in total. The van der Waals surface area contributed by atoms with Crippen molar-refractivity contribution in [2.75, 3.05) is 38.1 Å². The number of aromatic nitrogens is 3. The van der Waals surface area contributed by atoms with Crippen LogP contribution in [-0.4, -0.2) is 53.1 Å². The molecule has 1 fully saturated rings. The molecule has 5 nitrogen and oxygen atoms in total. The van der Waals surface area contributed by atoms with Crippen molar-refractivity contribution >= 4 is 37.6 Å².